The minimum Gasteiger partial charge on any atom is -0.459 e. The molecule has 17 heavy (non-hydrogen) atoms. The maximum atomic E-state index is 11.6. The van der Waals surface area contributed by atoms with E-state index in [2.05, 4.69) is 12.2 Å². The van der Waals surface area contributed by atoms with Crippen molar-refractivity contribution in [2.45, 2.75) is 63.9 Å². The van der Waals surface area contributed by atoms with Crippen LogP contribution in [0.15, 0.2) is 0 Å². The summed E-state index contributed by atoms with van der Waals surface area (Å²) in [6.45, 7) is 8.22. The van der Waals surface area contributed by atoms with Crippen molar-refractivity contribution in [2.75, 3.05) is 12.3 Å². The first kappa shape index (κ1) is 14.8. The van der Waals surface area contributed by atoms with Gasteiger partial charge in [-0.15, -0.1) is 0 Å². The molecule has 0 amide bonds. The third kappa shape index (κ3) is 5.77. The Morgan fingerprint density at radius 2 is 2.12 bits per heavy atom. The summed E-state index contributed by atoms with van der Waals surface area (Å²) in [4.78, 5) is 11.6. The number of hydrogen-bond donors (Lipinski definition) is 1. The fourth-order valence-corrected chi connectivity index (χ4v) is 3.39. The molecule has 1 fully saturated rings. The Kier molecular flexibility index (Phi) is 5.80. The molecule has 1 saturated carbocycles. The molecule has 0 aliphatic heterocycles. The summed E-state index contributed by atoms with van der Waals surface area (Å²) in [7, 11) is 0. The van der Waals surface area contributed by atoms with E-state index in [0.29, 0.717) is 17.8 Å². The van der Waals surface area contributed by atoms with Gasteiger partial charge in [0.15, 0.2) is 0 Å². The van der Waals surface area contributed by atoms with E-state index in [1.807, 2.05) is 32.5 Å². The van der Waals surface area contributed by atoms with Gasteiger partial charge < -0.3 is 10.1 Å². The summed E-state index contributed by atoms with van der Waals surface area (Å²) in [5.41, 5.74) is -0.383. The molecular weight excluding hydrogens is 234 g/mol. The van der Waals surface area contributed by atoms with Crippen molar-refractivity contribution in [3.05, 3.63) is 0 Å². The number of carbonyl (C=O) groups excluding carboxylic acids is 1. The molecule has 1 N–H and O–H groups in total. The third-order valence-electron chi connectivity index (χ3n) is 2.76. The fourth-order valence-electron chi connectivity index (χ4n) is 2.17. The van der Waals surface area contributed by atoms with E-state index in [1.165, 1.54) is 19.3 Å². The van der Waals surface area contributed by atoms with E-state index in [4.69, 9.17) is 4.74 Å². The quantitative estimate of drug-likeness (QED) is 0.770. The molecule has 1 aliphatic carbocycles. The number of thioether (sulfide) groups is 1. The Hall–Kier alpha value is -0.220. The van der Waals surface area contributed by atoms with Crippen molar-refractivity contribution >= 4 is 17.7 Å². The molecule has 3 nitrogen and oxygen atoms in total. The van der Waals surface area contributed by atoms with Gasteiger partial charge >= 0.3 is 5.97 Å². The van der Waals surface area contributed by atoms with Crippen molar-refractivity contribution in [1.82, 2.24) is 5.32 Å². The van der Waals surface area contributed by atoms with Crippen molar-refractivity contribution in [1.29, 1.82) is 0 Å². The summed E-state index contributed by atoms with van der Waals surface area (Å²) in [6.07, 6.45) is 3.72. The van der Waals surface area contributed by atoms with Crippen LogP contribution in [0.25, 0.3) is 0 Å². The van der Waals surface area contributed by atoms with Gasteiger partial charge in [0.25, 0.3) is 0 Å². The van der Waals surface area contributed by atoms with Crippen molar-refractivity contribution in [3.8, 4) is 0 Å². The minimum atomic E-state index is -0.383. The molecule has 0 radical (unpaired) electrons. The molecule has 2 atom stereocenters. The highest BCUT2D eigenvalue weighted by atomic mass is 32.2. The molecule has 1 rings (SSSR count). The number of carbonyl (C=O) groups is 1. The highest BCUT2D eigenvalue weighted by molar-refractivity contribution is 7.99. The molecule has 0 aromatic carbocycles. The van der Waals surface area contributed by atoms with Crippen LogP contribution >= 0.6 is 11.8 Å². The van der Waals surface area contributed by atoms with Crippen LogP contribution in [-0.4, -0.2) is 35.2 Å². The maximum absolute atomic E-state index is 11.6. The van der Waals surface area contributed by atoms with Crippen LogP contribution in [0.2, 0.25) is 0 Å². The van der Waals surface area contributed by atoms with E-state index in [1.54, 1.807) is 0 Å². The Labute approximate surface area is 109 Å². The highest BCUT2D eigenvalue weighted by Crippen LogP contribution is 2.29. The SMILES string of the molecule is CCSC1CCCC1NCC(=O)OC(C)(C)C. The first-order valence-electron chi connectivity index (χ1n) is 6.49. The average Bonchev–Trinajstić information content (AvgIpc) is 2.60. The van der Waals surface area contributed by atoms with Crippen LogP contribution < -0.4 is 5.32 Å². The lowest BCUT2D eigenvalue weighted by atomic mass is 10.2. The highest BCUT2D eigenvalue weighted by Gasteiger charge is 2.27. The summed E-state index contributed by atoms with van der Waals surface area (Å²) in [5.74, 6) is 1.000. The molecule has 0 saturated heterocycles. The minimum absolute atomic E-state index is 0.148. The van der Waals surface area contributed by atoms with Gasteiger partial charge in [-0.2, -0.15) is 11.8 Å². The molecule has 1 aliphatic rings. The molecule has 0 aromatic rings. The second-order valence-corrected chi connectivity index (χ2v) is 7.01. The molecule has 4 heteroatoms. The summed E-state index contributed by atoms with van der Waals surface area (Å²) in [5, 5.41) is 4.01. The summed E-state index contributed by atoms with van der Waals surface area (Å²) < 4.78 is 5.28. The van der Waals surface area contributed by atoms with E-state index < -0.39 is 0 Å². The molecule has 0 bridgehead atoms. The lowest BCUT2D eigenvalue weighted by Crippen LogP contribution is -2.40. The van der Waals surface area contributed by atoms with Gasteiger partial charge in [0.05, 0.1) is 6.54 Å². The zero-order valence-electron chi connectivity index (χ0n) is 11.4. The Morgan fingerprint density at radius 3 is 2.71 bits per heavy atom. The normalized spacial score (nSPS) is 24.9. The van der Waals surface area contributed by atoms with Gasteiger partial charge in [0, 0.05) is 11.3 Å². The Bertz CT molecular complexity index is 250. The van der Waals surface area contributed by atoms with Crippen LogP contribution in [0, 0.1) is 0 Å². The van der Waals surface area contributed by atoms with Gasteiger partial charge in [-0.25, -0.2) is 0 Å². The first-order valence-corrected chi connectivity index (χ1v) is 7.54. The lowest BCUT2D eigenvalue weighted by molar-refractivity contribution is -0.153. The molecule has 0 spiro atoms. The van der Waals surface area contributed by atoms with Crippen LogP contribution in [-0.2, 0) is 9.53 Å². The number of nitrogens with one attached hydrogen (secondary N) is 1. The number of rotatable bonds is 5. The summed E-state index contributed by atoms with van der Waals surface area (Å²) >= 11 is 2.00. The predicted molar refractivity (Wildman–Crippen MR) is 73.4 cm³/mol. The van der Waals surface area contributed by atoms with Gasteiger partial charge in [-0.1, -0.05) is 13.3 Å². The second-order valence-electron chi connectivity index (χ2n) is 5.50. The molecular formula is C13H25NO2S. The van der Waals surface area contributed by atoms with E-state index >= 15 is 0 Å². The molecule has 100 valence electrons. The van der Waals surface area contributed by atoms with Crippen LogP contribution in [0.4, 0.5) is 0 Å². The summed E-state index contributed by atoms with van der Waals surface area (Å²) in [6, 6.07) is 0.479. The van der Waals surface area contributed by atoms with Crippen molar-refractivity contribution in [2.24, 2.45) is 0 Å². The van der Waals surface area contributed by atoms with Gasteiger partial charge in [-0.05, 0) is 39.4 Å². The van der Waals surface area contributed by atoms with Crippen molar-refractivity contribution < 1.29 is 9.53 Å². The standard InChI is InChI=1S/C13H25NO2S/c1-5-17-11-8-6-7-10(11)14-9-12(15)16-13(2,3)4/h10-11,14H,5-9H2,1-4H3. The molecule has 2 unspecified atom stereocenters. The number of hydrogen-bond acceptors (Lipinski definition) is 4. The van der Waals surface area contributed by atoms with E-state index in [9.17, 15) is 4.79 Å². The van der Waals surface area contributed by atoms with Crippen LogP contribution in [0.1, 0.15) is 47.0 Å². The van der Waals surface area contributed by atoms with Gasteiger partial charge in [-0.3, -0.25) is 4.79 Å². The van der Waals surface area contributed by atoms with Gasteiger partial charge in [0.1, 0.15) is 5.60 Å². The van der Waals surface area contributed by atoms with Crippen molar-refractivity contribution in [3.63, 3.8) is 0 Å². The fraction of sp³-hybridized carbons (Fsp3) is 0.923. The monoisotopic (exact) mass is 259 g/mol. The topological polar surface area (TPSA) is 38.3 Å². The van der Waals surface area contributed by atoms with E-state index in [0.717, 1.165) is 5.75 Å². The molecule has 0 aromatic heterocycles. The Balaban J connectivity index is 2.27. The second kappa shape index (κ2) is 6.64. The van der Waals surface area contributed by atoms with Gasteiger partial charge in [0.2, 0.25) is 0 Å². The molecule has 0 heterocycles. The average molecular weight is 259 g/mol. The van der Waals surface area contributed by atoms with Crippen LogP contribution in [0.5, 0.6) is 0 Å². The third-order valence-corrected chi connectivity index (χ3v) is 4.09. The van der Waals surface area contributed by atoms with E-state index in [-0.39, 0.29) is 11.6 Å². The predicted octanol–water partition coefficient (Wildman–Crippen LogP) is 2.59. The Morgan fingerprint density at radius 1 is 1.41 bits per heavy atom. The first-order chi connectivity index (χ1) is 7.92. The zero-order chi connectivity index (χ0) is 12.9. The smallest absolute Gasteiger partial charge is 0.320 e. The number of ether oxygens (including phenoxy) is 1. The zero-order valence-corrected chi connectivity index (χ0v) is 12.2. The lowest BCUT2D eigenvalue weighted by Gasteiger charge is -2.22. The largest absolute Gasteiger partial charge is 0.459 e. The number of esters is 1. The van der Waals surface area contributed by atoms with Crippen LogP contribution in [0.3, 0.4) is 0 Å². The maximum Gasteiger partial charge on any atom is 0.320 e.